The van der Waals surface area contributed by atoms with Crippen LogP contribution < -0.4 is 0 Å². The van der Waals surface area contributed by atoms with Crippen LogP contribution in [-0.2, 0) is 9.53 Å². The second kappa shape index (κ2) is 15.2. The summed E-state index contributed by atoms with van der Waals surface area (Å²) in [6.07, 6.45) is 14.3. The first-order chi connectivity index (χ1) is 9.95. The number of hydrogen-bond acceptors (Lipinski definition) is 2. The molecule has 0 amide bonds. The Kier molecular flexibility index (Phi) is 16.3. The van der Waals surface area contributed by atoms with Crippen molar-refractivity contribution in [3.8, 4) is 0 Å². The van der Waals surface area contributed by atoms with Crippen LogP contribution in [0.2, 0.25) is 6.04 Å². The van der Waals surface area contributed by atoms with Crippen molar-refractivity contribution < 1.29 is 9.53 Å². The highest BCUT2D eigenvalue weighted by Gasteiger charge is 2.19. The van der Waals surface area contributed by atoms with E-state index in [2.05, 4.69) is 72.0 Å². The Bertz CT molecular complexity index is 281. The fourth-order valence-electron chi connectivity index (χ4n) is 2.07. The van der Waals surface area contributed by atoms with Gasteiger partial charge in [0.1, 0.15) is 0 Å². The summed E-state index contributed by atoms with van der Waals surface area (Å²) in [6.45, 7) is 3.92. The van der Waals surface area contributed by atoms with Crippen LogP contribution in [0.5, 0.6) is 0 Å². The summed E-state index contributed by atoms with van der Waals surface area (Å²) < 4.78 is 4.05. The molecule has 21 heavy (non-hydrogen) atoms. The fraction of sp³-hybridized carbons (Fsp3) is 0.800. The highest BCUT2D eigenvalue weighted by molar-refractivity contribution is 14.4. The van der Waals surface area contributed by atoms with Crippen molar-refractivity contribution in [3.05, 3.63) is 12.7 Å². The number of hydrogen-bond donors (Lipinski definition) is 0. The summed E-state index contributed by atoms with van der Waals surface area (Å²) in [5.41, 5.74) is 0. The zero-order valence-electron chi connectivity index (χ0n) is 12.7. The monoisotopic (exact) mass is 648 g/mol. The Hall–Kier alpha value is 1.62. The Morgan fingerprint density at radius 2 is 1.29 bits per heavy atom. The van der Waals surface area contributed by atoms with Crippen LogP contribution in [0, 0.1) is 0 Å². The minimum absolute atomic E-state index is 0.303. The lowest BCUT2D eigenvalue weighted by molar-refractivity contribution is -0.137. The van der Waals surface area contributed by atoms with Crippen LogP contribution in [0.3, 0.4) is 0 Å². The SMILES string of the molecule is C=CC(=O)OCCCCCCCCCCCC[Si](I)(I)I. The number of carbonyl (C=O) groups is 1. The van der Waals surface area contributed by atoms with Gasteiger partial charge < -0.3 is 4.74 Å². The van der Waals surface area contributed by atoms with E-state index in [1.165, 1.54) is 63.5 Å². The normalized spacial score (nSPS) is 11.4. The lowest BCUT2D eigenvalue weighted by Crippen LogP contribution is -2.03. The van der Waals surface area contributed by atoms with E-state index in [1.54, 1.807) is 0 Å². The number of ether oxygens (including phenoxy) is 1. The first-order valence-corrected chi connectivity index (χ1v) is 19.4. The molecule has 0 N–H and O–H groups in total. The van der Waals surface area contributed by atoms with E-state index in [0.29, 0.717) is 6.61 Å². The van der Waals surface area contributed by atoms with E-state index in [4.69, 9.17) is 4.74 Å². The molecule has 0 aliphatic heterocycles. The maximum absolute atomic E-state index is 10.8. The van der Waals surface area contributed by atoms with E-state index in [1.807, 2.05) is 0 Å². The molecule has 0 spiro atoms. The Morgan fingerprint density at radius 1 is 0.857 bits per heavy atom. The maximum atomic E-state index is 10.8. The molecule has 0 saturated heterocycles. The molecule has 0 bridgehead atoms. The minimum atomic E-state index is -0.891. The van der Waals surface area contributed by atoms with Gasteiger partial charge in [-0.1, -0.05) is 130 Å². The van der Waals surface area contributed by atoms with Gasteiger partial charge >= 0.3 is 5.97 Å². The Balaban J connectivity index is 3.09. The zero-order chi connectivity index (χ0) is 16.0. The first-order valence-electron chi connectivity index (χ1n) is 7.81. The molecular weight excluding hydrogens is 621 g/mol. The fourth-order valence-corrected chi connectivity index (χ4v) is 6.16. The summed E-state index contributed by atoms with van der Waals surface area (Å²) in [5, 5.41) is 0. The Labute approximate surface area is 169 Å². The quantitative estimate of drug-likeness (QED) is 0.0514. The number of carbonyl (C=O) groups excluding carboxylic acids is 1. The van der Waals surface area contributed by atoms with Gasteiger partial charge in [0, 0.05) is 6.08 Å². The number of halogens is 3. The van der Waals surface area contributed by atoms with Crippen LogP contribution in [0.1, 0.15) is 64.2 Å². The molecule has 0 aliphatic carbocycles. The molecule has 0 aromatic rings. The average Bonchev–Trinajstić information content (AvgIpc) is 2.42. The molecule has 124 valence electrons. The van der Waals surface area contributed by atoms with Gasteiger partial charge in [0.2, 0.25) is 0 Å². The van der Waals surface area contributed by atoms with Crippen LogP contribution >= 0.6 is 65.4 Å². The van der Waals surface area contributed by atoms with Crippen LogP contribution in [0.25, 0.3) is 0 Å². The third kappa shape index (κ3) is 19.6. The summed E-state index contributed by atoms with van der Waals surface area (Å²) in [5.74, 6) is -0.303. The van der Waals surface area contributed by atoms with Crippen molar-refractivity contribution in [2.75, 3.05) is 6.61 Å². The van der Waals surface area contributed by atoms with Gasteiger partial charge in [-0.05, 0) is 12.5 Å². The van der Waals surface area contributed by atoms with Crippen LogP contribution in [0.15, 0.2) is 12.7 Å². The summed E-state index contributed by atoms with van der Waals surface area (Å²) in [7, 11) is 0. The lowest BCUT2D eigenvalue weighted by atomic mass is 10.1. The number of esters is 1. The van der Waals surface area contributed by atoms with Crippen LogP contribution in [-0.4, -0.2) is 13.1 Å². The van der Waals surface area contributed by atoms with E-state index >= 15 is 0 Å². The molecule has 0 radical (unpaired) electrons. The summed E-state index contributed by atoms with van der Waals surface area (Å²) in [4.78, 5) is 10.8. The predicted octanol–water partition coefficient (Wildman–Crippen LogP) is 6.86. The third-order valence-electron chi connectivity index (χ3n) is 3.27. The van der Waals surface area contributed by atoms with E-state index in [-0.39, 0.29) is 5.97 Å². The van der Waals surface area contributed by atoms with Crippen molar-refractivity contribution in [3.63, 3.8) is 0 Å². The number of unbranched alkanes of at least 4 members (excludes halogenated alkanes) is 9. The molecule has 6 heteroatoms. The van der Waals surface area contributed by atoms with Gasteiger partial charge in [-0.15, -0.1) is 0 Å². The second-order valence-corrected chi connectivity index (χ2v) is 42.2. The molecule has 2 nitrogen and oxygen atoms in total. The van der Waals surface area contributed by atoms with Gasteiger partial charge in [-0.2, -0.15) is 0 Å². The van der Waals surface area contributed by atoms with Gasteiger partial charge in [0.25, 0.3) is 0.564 Å². The number of rotatable bonds is 14. The first kappa shape index (κ1) is 22.6. The average molecular weight is 648 g/mol. The highest BCUT2D eigenvalue weighted by Crippen LogP contribution is 2.35. The topological polar surface area (TPSA) is 26.3 Å². The van der Waals surface area contributed by atoms with Crippen molar-refractivity contribution >= 4 is 71.9 Å². The standard InChI is InChI=1S/C15H27I3O2Si/c1-2-15(19)20-13-11-9-7-5-3-4-6-8-10-12-14-21(16,17)18/h2H,1,3-14H2. The smallest absolute Gasteiger partial charge is 0.330 e. The maximum Gasteiger partial charge on any atom is 0.330 e. The van der Waals surface area contributed by atoms with E-state index in [0.717, 1.165) is 12.8 Å². The second-order valence-electron chi connectivity index (χ2n) is 5.27. The molecule has 0 heterocycles. The van der Waals surface area contributed by atoms with Gasteiger partial charge in [-0.3, -0.25) is 0 Å². The molecule has 0 aliphatic rings. The molecule has 0 unspecified atom stereocenters. The van der Waals surface area contributed by atoms with Gasteiger partial charge in [0.05, 0.1) is 6.61 Å². The summed E-state index contributed by atoms with van der Waals surface area (Å²) >= 11 is 7.96. The van der Waals surface area contributed by atoms with E-state index < -0.39 is 0.564 Å². The Morgan fingerprint density at radius 3 is 1.71 bits per heavy atom. The van der Waals surface area contributed by atoms with Gasteiger partial charge in [-0.25, -0.2) is 4.79 Å². The lowest BCUT2D eigenvalue weighted by Gasteiger charge is -2.08. The zero-order valence-corrected chi connectivity index (χ0v) is 20.2. The molecule has 0 saturated carbocycles. The molecule has 0 atom stereocenters. The molecule has 0 rings (SSSR count). The predicted molar refractivity (Wildman–Crippen MR) is 120 cm³/mol. The van der Waals surface area contributed by atoms with Crippen molar-refractivity contribution in [2.45, 2.75) is 70.3 Å². The van der Waals surface area contributed by atoms with E-state index in [9.17, 15) is 4.79 Å². The van der Waals surface area contributed by atoms with Crippen molar-refractivity contribution in [1.29, 1.82) is 0 Å². The molecule has 0 aromatic carbocycles. The molecule has 0 fully saturated rings. The summed E-state index contributed by atoms with van der Waals surface area (Å²) in [6, 6.07) is 1.45. The molecular formula is C15H27I3O2Si. The third-order valence-corrected chi connectivity index (χ3v) is 9.04. The minimum Gasteiger partial charge on any atom is -0.463 e. The largest absolute Gasteiger partial charge is 0.463 e. The highest BCUT2D eigenvalue weighted by atomic mass is 127. The van der Waals surface area contributed by atoms with Crippen molar-refractivity contribution in [2.24, 2.45) is 0 Å². The van der Waals surface area contributed by atoms with Crippen LogP contribution in [0.4, 0.5) is 0 Å². The van der Waals surface area contributed by atoms with Crippen molar-refractivity contribution in [1.82, 2.24) is 0 Å². The van der Waals surface area contributed by atoms with Gasteiger partial charge in [0.15, 0.2) is 0 Å². The molecule has 0 aromatic heterocycles.